The van der Waals surface area contributed by atoms with Gasteiger partial charge in [0, 0.05) is 6.04 Å². The molecule has 0 aromatic heterocycles. The first-order chi connectivity index (χ1) is 9.49. The van der Waals surface area contributed by atoms with E-state index in [0.717, 1.165) is 25.7 Å². The van der Waals surface area contributed by atoms with Gasteiger partial charge in [0.15, 0.2) is 0 Å². The fraction of sp³-hybridized carbons (Fsp3) is 0.600. The average molecular weight is 299 g/mol. The lowest BCUT2D eigenvalue weighted by Crippen LogP contribution is -2.35. The molecule has 0 saturated heterocycles. The third-order valence-electron chi connectivity index (χ3n) is 3.87. The number of hydrogen-bond donors (Lipinski definition) is 1. The summed E-state index contributed by atoms with van der Waals surface area (Å²) in [4.78, 5) is 0.151. The lowest BCUT2D eigenvalue weighted by atomic mass is 9.97. The predicted molar refractivity (Wildman–Crippen MR) is 77.6 cm³/mol. The Hall–Kier alpha value is -0.940. The number of rotatable bonds is 3. The van der Waals surface area contributed by atoms with Crippen LogP contribution in [0.15, 0.2) is 23.1 Å². The lowest BCUT2D eigenvalue weighted by molar-refractivity contribution is 0.426. The Kier molecular flexibility index (Phi) is 5.16. The van der Waals surface area contributed by atoms with Gasteiger partial charge in [-0.25, -0.2) is 17.5 Å². The van der Waals surface area contributed by atoms with Gasteiger partial charge in [-0.05, 0) is 43.5 Å². The molecule has 1 aromatic carbocycles. The summed E-state index contributed by atoms with van der Waals surface area (Å²) in [5.74, 6) is -0.380. The normalized spacial score (nSPS) is 18.5. The van der Waals surface area contributed by atoms with Gasteiger partial charge in [-0.3, -0.25) is 0 Å². The van der Waals surface area contributed by atoms with Crippen LogP contribution in [0.3, 0.4) is 0 Å². The highest BCUT2D eigenvalue weighted by molar-refractivity contribution is 7.89. The first-order valence-corrected chi connectivity index (χ1v) is 8.76. The zero-order valence-electron chi connectivity index (χ0n) is 11.9. The maximum absolute atomic E-state index is 13.2. The van der Waals surface area contributed by atoms with Crippen LogP contribution in [0.5, 0.6) is 0 Å². The Morgan fingerprint density at radius 3 is 2.30 bits per heavy atom. The van der Waals surface area contributed by atoms with Crippen molar-refractivity contribution in [2.45, 2.75) is 62.8 Å². The predicted octanol–water partition coefficient (Wildman–Crippen LogP) is 3.53. The Bertz CT molecular complexity index is 549. The molecule has 0 aliphatic heterocycles. The van der Waals surface area contributed by atoms with Gasteiger partial charge in [-0.2, -0.15) is 0 Å². The van der Waals surface area contributed by atoms with E-state index in [2.05, 4.69) is 4.72 Å². The van der Waals surface area contributed by atoms with Gasteiger partial charge in [0.25, 0.3) is 0 Å². The highest BCUT2D eigenvalue weighted by Gasteiger charge is 2.21. The largest absolute Gasteiger partial charge is 0.240 e. The average Bonchev–Trinajstić information content (AvgIpc) is 2.35. The van der Waals surface area contributed by atoms with Gasteiger partial charge in [0.1, 0.15) is 5.82 Å². The van der Waals surface area contributed by atoms with Gasteiger partial charge in [0.05, 0.1) is 4.90 Å². The Labute approximate surface area is 120 Å². The quantitative estimate of drug-likeness (QED) is 0.928. The third kappa shape index (κ3) is 4.03. The van der Waals surface area contributed by atoms with Gasteiger partial charge in [-0.15, -0.1) is 0 Å². The Morgan fingerprint density at radius 1 is 1.10 bits per heavy atom. The zero-order chi connectivity index (χ0) is 14.6. The Morgan fingerprint density at radius 2 is 1.70 bits per heavy atom. The molecule has 20 heavy (non-hydrogen) atoms. The summed E-state index contributed by atoms with van der Waals surface area (Å²) in [6.45, 7) is 1.57. The van der Waals surface area contributed by atoms with Crippen LogP contribution in [-0.4, -0.2) is 14.5 Å². The van der Waals surface area contributed by atoms with Gasteiger partial charge in [-0.1, -0.05) is 32.1 Å². The number of aryl methyl sites for hydroxylation is 1. The van der Waals surface area contributed by atoms with Gasteiger partial charge < -0.3 is 0 Å². The first kappa shape index (κ1) is 15.4. The second-order valence-electron chi connectivity index (χ2n) is 5.57. The highest BCUT2D eigenvalue weighted by atomic mass is 32.2. The van der Waals surface area contributed by atoms with E-state index in [9.17, 15) is 12.8 Å². The summed E-state index contributed by atoms with van der Waals surface area (Å²) in [6.07, 6.45) is 7.50. The topological polar surface area (TPSA) is 46.2 Å². The highest BCUT2D eigenvalue weighted by Crippen LogP contribution is 2.20. The van der Waals surface area contributed by atoms with E-state index >= 15 is 0 Å². The van der Waals surface area contributed by atoms with Crippen LogP contribution in [0.1, 0.15) is 50.5 Å². The van der Waals surface area contributed by atoms with E-state index < -0.39 is 10.0 Å². The lowest BCUT2D eigenvalue weighted by Gasteiger charge is -2.21. The van der Waals surface area contributed by atoms with E-state index in [0.29, 0.717) is 5.56 Å². The second kappa shape index (κ2) is 6.68. The molecule has 0 heterocycles. The van der Waals surface area contributed by atoms with Crippen molar-refractivity contribution in [3.63, 3.8) is 0 Å². The number of nitrogens with one attached hydrogen (secondary N) is 1. The summed E-state index contributed by atoms with van der Waals surface area (Å²) < 4.78 is 40.7. The summed E-state index contributed by atoms with van der Waals surface area (Å²) in [5, 5.41) is 0. The smallest absolute Gasteiger partial charge is 0.208 e. The molecule has 3 nitrogen and oxygen atoms in total. The molecule has 1 N–H and O–H groups in total. The number of hydrogen-bond acceptors (Lipinski definition) is 2. The standard InChI is InChI=1S/C15H22FNO2S/c1-12-11-14(9-10-15(12)16)20(18,19)17-13-7-5-3-2-4-6-8-13/h9-11,13,17H,2-8H2,1H3. The molecule has 5 heteroatoms. The molecule has 1 aliphatic rings. The number of sulfonamides is 1. The van der Waals surface area contributed by atoms with Crippen molar-refractivity contribution in [2.24, 2.45) is 0 Å². The van der Waals surface area contributed by atoms with Crippen LogP contribution in [0, 0.1) is 12.7 Å². The summed E-state index contributed by atoms with van der Waals surface area (Å²) in [6, 6.07) is 3.93. The summed E-state index contributed by atoms with van der Waals surface area (Å²) in [5.41, 5.74) is 0.352. The first-order valence-electron chi connectivity index (χ1n) is 7.27. The van der Waals surface area contributed by atoms with Crippen LogP contribution < -0.4 is 4.72 Å². The van der Waals surface area contributed by atoms with Crippen molar-refractivity contribution in [3.8, 4) is 0 Å². The second-order valence-corrected chi connectivity index (χ2v) is 7.29. The van der Waals surface area contributed by atoms with Gasteiger partial charge >= 0.3 is 0 Å². The maximum atomic E-state index is 13.2. The molecule has 1 fully saturated rings. The van der Waals surface area contributed by atoms with E-state index in [1.807, 2.05) is 0 Å². The minimum absolute atomic E-state index is 0.00524. The van der Waals surface area contributed by atoms with Crippen LogP contribution in [0.25, 0.3) is 0 Å². The van der Waals surface area contributed by atoms with E-state index in [-0.39, 0.29) is 16.8 Å². The molecule has 1 aliphatic carbocycles. The summed E-state index contributed by atoms with van der Waals surface area (Å²) >= 11 is 0. The molecule has 0 amide bonds. The third-order valence-corrected chi connectivity index (χ3v) is 5.38. The van der Waals surface area contributed by atoms with Crippen LogP contribution >= 0.6 is 0 Å². The molecule has 1 saturated carbocycles. The van der Waals surface area contributed by atoms with Gasteiger partial charge in [0.2, 0.25) is 10.0 Å². The molecule has 0 unspecified atom stereocenters. The minimum Gasteiger partial charge on any atom is -0.208 e. The molecule has 0 bridgehead atoms. The molecule has 0 spiro atoms. The van der Waals surface area contributed by atoms with Crippen molar-refractivity contribution >= 4 is 10.0 Å². The van der Waals surface area contributed by atoms with Crippen molar-refractivity contribution in [2.75, 3.05) is 0 Å². The van der Waals surface area contributed by atoms with Crippen LogP contribution in [-0.2, 0) is 10.0 Å². The van der Waals surface area contributed by atoms with Crippen molar-refractivity contribution in [1.29, 1.82) is 0 Å². The fourth-order valence-electron chi connectivity index (χ4n) is 2.65. The van der Waals surface area contributed by atoms with E-state index in [1.165, 1.54) is 37.5 Å². The molecule has 0 radical (unpaired) electrons. The fourth-order valence-corrected chi connectivity index (χ4v) is 4.04. The van der Waals surface area contributed by atoms with Crippen LogP contribution in [0.2, 0.25) is 0 Å². The SMILES string of the molecule is Cc1cc(S(=O)(=O)NC2CCCCCCC2)ccc1F. The molecular formula is C15H22FNO2S. The number of halogens is 1. The van der Waals surface area contributed by atoms with Crippen molar-refractivity contribution in [3.05, 3.63) is 29.6 Å². The molecule has 1 aromatic rings. The molecule has 112 valence electrons. The monoisotopic (exact) mass is 299 g/mol. The van der Waals surface area contributed by atoms with E-state index in [1.54, 1.807) is 6.92 Å². The maximum Gasteiger partial charge on any atom is 0.240 e. The zero-order valence-corrected chi connectivity index (χ0v) is 12.7. The van der Waals surface area contributed by atoms with Crippen molar-refractivity contribution < 1.29 is 12.8 Å². The molecule has 0 atom stereocenters. The Balaban J connectivity index is 2.10. The molecule has 2 rings (SSSR count). The van der Waals surface area contributed by atoms with Crippen LogP contribution in [0.4, 0.5) is 4.39 Å². The van der Waals surface area contributed by atoms with Crippen molar-refractivity contribution in [1.82, 2.24) is 4.72 Å². The van der Waals surface area contributed by atoms with E-state index in [4.69, 9.17) is 0 Å². The minimum atomic E-state index is -3.54. The molecular weight excluding hydrogens is 277 g/mol. The summed E-state index contributed by atoms with van der Waals surface area (Å²) in [7, 11) is -3.54. The number of benzene rings is 1.